The van der Waals surface area contributed by atoms with Crippen molar-refractivity contribution in [3.8, 4) is 5.75 Å². The van der Waals surface area contributed by atoms with Crippen LogP contribution in [-0.4, -0.2) is 42.2 Å². The second-order valence-electron chi connectivity index (χ2n) is 7.16. The van der Waals surface area contributed by atoms with Gasteiger partial charge >= 0.3 is 23.9 Å². The minimum atomic E-state index is -6.62. The second-order valence-corrected chi connectivity index (χ2v) is 7.16. The number of hydrogen-bond acceptors (Lipinski definition) is 4. The minimum absolute atomic E-state index is 0.0188. The van der Waals surface area contributed by atoms with Crippen molar-refractivity contribution in [2.45, 2.75) is 38.3 Å². The third kappa shape index (κ3) is 6.70. The predicted octanol–water partition coefficient (Wildman–Crippen LogP) is 4.94. The lowest BCUT2D eigenvalue weighted by molar-refractivity contribution is -0.343. The molecule has 2 N–H and O–H groups in total. The van der Waals surface area contributed by atoms with Crippen molar-refractivity contribution in [1.82, 2.24) is 5.43 Å². The first kappa shape index (κ1) is 27.6. The quantitative estimate of drug-likeness (QED) is 0.287. The molecular weight excluding hydrogens is 487 g/mol. The van der Waals surface area contributed by atoms with Gasteiger partial charge in [0.05, 0.1) is 18.7 Å². The highest BCUT2D eigenvalue weighted by atomic mass is 19.4. The van der Waals surface area contributed by atoms with Gasteiger partial charge in [0, 0.05) is 5.69 Å². The van der Waals surface area contributed by atoms with Crippen LogP contribution in [0.4, 0.5) is 36.4 Å². The number of nitrogens with one attached hydrogen (secondary N) is 2. The van der Waals surface area contributed by atoms with Crippen molar-refractivity contribution >= 4 is 23.2 Å². The number of rotatable bonds is 9. The van der Waals surface area contributed by atoms with Gasteiger partial charge in [-0.1, -0.05) is 24.3 Å². The molecule has 0 atom stereocenters. The number of anilines is 1. The second kappa shape index (κ2) is 10.7. The van der Waals surface area contributed by atoms with Gasteiger partial charge in [0.25, 0.3) is 0 Å². The average molecular weight is 507 g/mol. The summed E-state index contributed by atoms with van der Waals surface area (Å²) in [4.78, 5) is 23.5. The van der Waals surface area contributed by atoms with E-state index < -0.39 is 35.5 Å². The Kier molecular flexibility index (Phi) is 8.47. The number of ether oxygens (including phenoxy) is 1. The summed E-state index contributed by atoms with van der Waals surface area (Å²) in [6.45, 7) is 3.83. The molecule has 0 radical (unpaired) electrons. The minimum Gasteiger partial charge on any atom is -0.494 e. The number of alkyl halides is 7. The van der Waals surface area contributed by atoms with Crippen LogP contribution in [0.5, 0.6) is 5.75 Å². The highest BCUT2D eigenvalue weighted by molar-refractivity contribution is 6.01. The fourth-order valence-electron chi connectivity index (χ4n) is 2.63. The van der Waals surface area contributed by atoms with Crippen molar-refractivity contribution in [2.24, 2.45) is 5.10 Å². The van der Waals surface area contributed by atoms with E-state index in [4.69, 9.17) is 4.74 Å². The van der Waals surface area contributed by atoms with Gasteiger partial charge < -0.3 is 10.1 Å². The van der Waals surface area contributed by atoms with Crippen molar-refractivity contribution < 1.29 is 45.1 Å². The third-order valence-corrected chi connectivity index (χ3v) is 4.54. The van der Waals surface area contributed by atoms with Crippen LogP contribution in [0, 0.1) is 0 Å². The summed E-state index contributed by atoms with van der Waals surface area (Å²) < 4.78 is 94.7. The largest absolute Gasteiger partial charge is 0.494 e. The van der Waals surface area contributed by atoms with Gasteiger partial charge in [-0.15, -0.1) is 0 Å². The number of benzene rings is 2. The Balaban J connectivity index is 1.99. The summed E-state index contributed by atoms with van der Waals surface area (Å²) >= 11 is 0. The lowest BCUT2D eigenvalue weighted by Crippen LogP contribution is -2.57. The van der Waals surface area contributed by atoms with Crippen molar-refractivity contribution in [2.75, 3.05) is 11.9 Å². The molecule has 2 rings (SSSR count). The summed E-state index contributed by atoms with van der Waals surface area (Å²) in [5.74, 6) is -15.2. The van der Waals surface area contributed by atoms with E-state index in [-0.39, 0.29) is 12.1 Å². The summed E-state index contributed by atoms with van der Waals surface area (Å²) in [5.41, 5.74) is 3.18. The van der Waals surface area contributed by atoms with Gasteiger partial charge in [0.1, 0.15) is 5.75 Å². The first-order chi connectivity index (χ1) is 16.2. The van der Waals surface area contributed by atoms with Gasteiger partial charge in [-0.2, -0.15) is 35.8 Å². The molecule has 13 heteroatoms. The van der Waals surface area contributed by atoms with E-state index in [0.717, 1.165) is 12.1 Å². The van der Waals surface area contributed by atoms with Gasteiger partial charge in [-0.05, 0) is 49.2 Å². The molecule has 0 spiro atoms. The van der Waals surface area contributed by atoms with Crippen LogP contribution >= 0.6 is 0 Å². The summed E-state index contributed by atoms with van der Waals surface area (Å²) in [5, 5.41) is 5.22. The van der Waals surface area contributed by atoms with Gasteiger partial charge in [0.2, 0.25) is 5.91 Å². The summed E-state index contributed by atoms with van der Waals surface area (Å²) in [6, 6.07) is 11.3. The zero-order valence-electron chi connectivity index (χ0n) is 18.4. The van der Waals surface area contributed by atoms with Crippen molar-refractivity contribution in [1.29, 1.82) is 0 Å². The van der Waals surface area contributed by atoms with Gasteiger partial charge in [-0.3, -0.25) is 9.59 Å². The zero-order valence-corrected chi connectivity index (χ0v) is 18.4. The molecule has 0 aliphatic carbocycles. The highest BCUT2D eigenvalue weighted by Crippen LogP contribution is 2.46. The third-order valence-electron chi connectivity index (χ3n) is 4.54. The number of carbonyl (C=O) groups excluding carboxylic acids is 2. The smallest absolute Gasteiger partial charge is 0.460 e. The van der Waals surface area contributed by atoms with Crippen molar-refractivity contribution in [3.05, 3.63) is 59.7 Å². The molecule has 0 fully saturated rings. The molecule has 0 heterocycles. The average Bonchev–Trinajstić information content (AvgIpc) is 2.78. The molecule has 2 amide bonds. The SMILES string of the molecule is CCOc1ccc(CC(=O)NN=C(C)c2ccc(NC(=O)C(F)(F)C(F)(F)C(F)(F)F)cc2)cc1. The molecule has 35 heavy (non-hydrogen) atoms. The van der Waals surface area contributed by atoms with Crippen LogP contribution in [0.25, 0.3) is 0 Å². The maximum absolute atomic E-state index is 13.4. The number of amides is 2. The number of carbonyl (C=O) groups is 2. The van der Waals surface area contributed by atoms with E-state index in [9.17, 15) is 40.3 Å². The molecule has 0 saturated heterocycles. The van der Waals surface area contributed by atoms with E-state index in [1.165, 1.54) is 24.4 Å². The normalized spacial score (nSPS) is 12.8. The van der Waals surface area contributed by atoms with Crippen LogP contribution in [0.2, 0.25) is 0 Å². The molecule has 0 aromatic heterocycles. The summed E-state index contributed by atoms with van der Waals surface area (Å²) in [6.07, 6.45) is -6.60. The lowest BCUT2D eigenvalue weighted by atomic mass is 10.1. The maximum atomic E-state index is 13.4. The molecule has 190 valence electrons. The fraction of sp³-hybridized carbons (Fsp3) is 0.318. The van der Waals surface area contributed by atoms with Crippen LogP contribution in [0.1, 0.15) is 25.0 Å². The molecule has 0 unspecified atom stereocenters. The van der Waals surface area contributed by atoms with Gasteiger partial charge in [0.15, 0.2) is 0 Å². The molecule has 2 aromatic rings. The number of halogens is 7. The van der Waals surface area contributed by atoms with Gasteiger partial charge in [-0.25, -0.2) is 5.43 Å². The number of nitrogens with zero attached hydrogens (tertiary/aromatic N) is 1. The molecular formula is C22H20F7N3O3. The molecule has 0 aliphatic heterocycles. The Morgan fingerprint density at radius 3 is 2.00 bits per heavy atom. The standard InChI is InChI=1S/C22H20F7N3O3/c1-3-35-17-10-4-14(5-11-17)12-18(33)32-31-13(2)15-6-8-16(9-7-15)30-19(34)20(23,24)21(25,26)22(27,28)29/h4-11H,3,12H2,1-2H3,(H,30,34)(H,32,33). The Hall–Kier alpha value is -3.64. The Bertz CT molecular complexity index is 1070. The summed E-state index contributed by atoms with van der Waals surface area (Å²) in [7, 11) is 0. The first-order valence-corrected chi connectivity index (χ1v) is 9.98. The lowest BCUT2D eigenvalue weighted by Gasteiger charge is -2.27. The van der Waals surface area contributed by atoms with Crippen molar-refractivity contribution in [3.63, 3.8) is 0 Å². The van der Waals surface area contributed by atoms with E-state index in [2.05, 4.69) is 10.5 Å². The first-order valence-electron chi connectivity index (χ1n) is 9.98. The predicted molar refractivity (Wildman–Crippen MR) is 113 cm³/mol. The van der Waals surface area contributed by atoms with E-state index >= 15 is 0 Å². The molecule has 6 nitrogen and oxygen atoms in total. The Morgan fingerprint density at radius 1 is 0.914 bits per heavy atom. The molecule has 0 bridgehead atoms. The van der Waals surface area contributed by atoms with Crippen LogP contribution in [-0.2, 0) is 16.0 Å². The zero-order chi connectivity index (χ0) is 26.4. The molecule has 2 aromatic carbocycles. The van der Waals surface area contributed by atoms with E-state index in [0.29, 0.717) is 23.5 Å². The molecule has 0 aliphatic rings. The fourth-order valence-corrected chi connectivity index (χ4v) is 2.63. The van der Waals surface area contributed by atoms with E-state index in [1.54, 1.807) is 24.3 Å². The van der Waals surface area contributed by atoms with Crippen LogP contribution in [0.15, 0.2) is 53.6 Å². The Labute approximate surface area is 195 Å². The monoisotopic (exact) mass is 507 g/mol. The van der Waals surface area contributed by atoms with Crippen LogP contribution < -0.4 is 15.5 Å². The van der Waals surface area contributed by atoms with Crippen LogP contribution in [0.3, 0.4) is 0 Å². The highest BCUT2D eigenvalue weighted by Gasteiger charge is 2.76. The number of hydrazone groups is 1. The molecule has 0 saturated carbocycles. The Morgan fingerprint density at radius 2 is 1.49 bits per heavy atom. The topological polar surface area (TPSA) is 79.8 Å². The van der Waals surface area contributed by atoms with E-state index in [1.807, 2.05) is 6.92 Å². The number of hydrogen-bond donors (Lipinski definition) is 2. The maximum Gasteiger partial charge on any atom is 0.460 e.